The van der Waals surface area contributed by atoms with Crippen LogP contribution in [0.5, 0.6) is 11.6 Å². The molecule has 0 radical (unpaired) electrons. The number of ether oxygens (including phenoxy) is 2. The number of hydrogen-bond donors (Lipinski definition) is 1. The number of carboxylic acid groups (broad SMARTS) is 1. The van der Waals surface area contributed by atoms with Crippen molar-refractivity contribution in [3.8, 4) is 23.0 Å². The summed E-state index contributed by atoms with van der Waals surface area (Å²) in [7, 11) is 1.51. The van der Waals surface area contributed by atoms with E-state index in [1.165, 1.54) is 13.3 Å². The lowest BCUT2D eigenvalue weighted by molar-refractivity contribution is 0.0695. The van der Waals surface area contributed by atoms with Crippen LogP contribution >= 0.6 is 0 Å². The second-order valence-electron chi connectivity index (χ2n) is 4.16. The van der Waals surface area contributed by atoms with Gasteiger partial charge in [0.1, 0.15) is 0 Å². The van der Waals surface area contributed by atoms with Gasteiger partial charge in [-0.2, -0.15) is 0 Å². The molecule has 0 bridgehead atoms. The van der Waals surface area contributed by atoms with Crippen molar-refractivity contribution in [1.29, 1.82) is 0 Å². The monoisotopic (exact) mass is 289 g/mol. The topological polar surface area (TPSA) is 94.4 Å². The number of methoxy groups -OCH3 is 1. The van der Waals surface area contributed by atoms with Gasteiger partial charge in [-0.3, -0.25) is 0 Å². The van der Waals surface area contributed by atoms with Gasteiger partial charge in [0.25, 0.3) is 5.88 Å². The standard InChI is InChI=1S/C14H15N3O4/c1-4-21-11-5-9(6-16-13(11)20-3)12-15-7-10(14(18)19)8(2)17-12/h5-7H,4H2,1-3H3,(H,18,19). The fourth-order valence-corrected chi connectivity index (χ4v) is 1.78. The maximum absolute atomic E-state index is 11.0. The molecule has 21 heavy (non-hydrogen) atoms. The van der Waals surface area contributed by atoms with E-state index in [4.69, 9.17) is 14.6 Å². The number of carbonyl (C=O) groups is 1. The van der Waals surface area contributed by atoms with Gasteiger partial charge in [0.05, 0.1) is 25.0 Å². The predicted octanol–water partition coefficient (Wildman–Crippen LogP) is 1.95. The van der Waals surface area contributed by atoms with Crippen LogP contribution in [0.25, 0.3) is 11.4 Å². The van der Waals surface area contributed by atoms with Gasteiger partial charge in [0, 0.05) is 18.0 Å². The van der Waals surface area contributed by atoms with Crippen molar-refractivity contribution in [2.45, 2.75) is 13.8 Å². The van der Waals surface area contributed by atoms with Crippen LogP contribution in [0.2, 0.25) is 0 Å². The molecule has 7 nitrogen and oxygen atoms in total. The van der Waals surface area contributed by atoms with E-state index in [-0.39, 0.29) is 5.56 Å². The Morgan fingerprint density at radius 2 is 2.10 bits per heavy atom. The maximum atomic E-state index is 11.0. The second-order valence-corrected chi connectivity index (χ2v) is 4.16. The number of aromatic carboxylic acids is 1. The van der Waals surface area contributed by atoms with E-state index in [0.29, 0.717) is 35.3 Å². The minimum absolute atomic E-state index is 0.0743. The van der Waals surface area contributed by atoms with Gasteiger partial charge < -0.3 is 14.6 Å². The van der Waals surface area contributed by atoms with Crippen LogP contribution in [0, 0.1) is 6.92 Å². The van der Waals surface area contributed by atoms with Crippen molar-refractivity contribution < 1.29 is 19.4 Å². The molecule has 0 atom stereocenters. The van der Waals surface area contributed by atoms with Crippen molar-refractivity contribution in [2.75, 3.05) is 13.7 Å². The van der Waals surface area contributed by atoms with Crippen LogP contribution in [0.4, 0.5) is 0 Å². The summed E-state index contributed by atoms with van der Waals surface area (Å²) in [6, 6.07) is 1.71. The highest BCUT2D eigenvalue weighted by atomic mass is 16.5. The SMILES string of the molecule is CCOc1cc(-c2ncc(C(=O)O)c(C)n2)cnc1OC. The number of nitrogens with zero attached hydrogens (tertiary/aromatic N) is 3. The number of aryl methyl sites for hydroxylation is 1. The number of pyridine rings is 1. The van der Waals surface area contributed by atoms with Gasteiger partial charge in [-0.15, -0.1) is 0 Å². The van der Waals surface area contributed by atoms with Gasteiger partial charge >= 0.3 is 5.97 Å². The average Bonchev–Trinajstić information content (AvgIpc) is 2.47. The molecule has 1 N–H and O–H groups in total. The second kappa shape index (κ2) is 6.17. The van der Waals surface area contributed by atoms with Crippen molar-refractivity contribution in [3.63, 3.8) is 0 Å². The Bertz CT molecular complexity index is 673. The average molecular weight is 289 g/mol. The van der Waals surface area contributed by atoms with Crippen LogP contribution < -0.4 is 9.47 Å². The van der Waals surface area contributed by atoms with Crippen molar-refractivity contribution in [1.82, 2.24) is 15.0 Å². The Morgan fingerprint density at radius 3 is 2.67 bits per heavy atom. The third kappa shape index (κ3) is 3.07. The summed E-state index contributed by atoms with van der Waals surface area (Å²) in [5, 5.41) is 8.98. The lowest BCUT2D eigenvalue weighted by atomic mass is 10.2. The van der Waals surface area contributed by atoms with Gasteiger partial charge in [-0.05, 0) is 19.9 Å². The fourth-order valence-electron chi connectivity index (χ4n) is 1.78. The summed E-state index contributed by atoms with van der Waals surface area (Å²) in [6.45, 7) is 3.95. The Labute approximate surface area is 121 Å². The van der Waals surface area contributed by atoms with Crippen LogP contribution in [0.1, 0.15) is 23.0 Å². The first-order chi connectivity index (χ1) is 10.1. The number of hydrogen-bond acceptors (Lipinski definition) is 6. The molecule has 2 aromatic heterocycles. The molecule has 0 unspecified atom stereocenters. The first-order valence-corrected chi connectivity index (χ1v) is 6.31. The highest BCUT2D eigenvalue weighted by Gasteiger charge is 2.13. The summed E-state index contributed by atoms with van der Waals surface area (Å²) < 4.78 is 10.6. The lowest BCUT2D eigenvalue weighted by Crippen LogP contribution is -2.05. The Morgan fingerprint density at radius 1 is 1.33 bits per heavy atom. The molecule has 0 fully saturated rings. The van der Waals surface area contributed by atoms with Gasteiger partial charge in [-0.25, -0.2) is 19.7 Å². The lowest BCUT2D eigenvalue weighted by Gasteiger charge is -2.10. The molecule has 0 aromatic carbocycles. The van der Waals surface area contributed by atoms with Gasteiger partial charge in [-0.1, -0.05) is 0 Å². The molecule has 0 aliphatic heterocycles. The van der Waals surface area contributed by atoms with Crippen LogP contribution in [-0.2, 0) is 0 Å². The molecule has 7 heteroatoms. The zero-order chi connectivity index (χ0) is 15.4. The third-order valence-electron chi connectivity index (χ3n) is 2.78. The zero-order valence-electron chi connectivity index (χ0n) is 12.0. The molecule has 0 spiro atoms. The molecule has 2 heterocycles. The van der Waals surface area contributed by atoms with E-state index >= 15 is 0 Å². The Balaban J connectivity index is 2.44. The minimum atomic E-state index is -1.05. The summed E-state index contributed by atoms with van der Waals surface area (Å²) in [6.07, 6.45) is 2.83. The normalized spacial score (nSPS) is 10.2. The van der Waals surface area contributed by atoms with E-state index in [9.17, 15) is 4.79 Å². The largest absolute Gasteiger partial charge is 0.488 e. The quantitative estimate of drug-likeness (QED) is 0.898. The first kappa shape index (κ1) is 14.7. The van der Waals surface area contributed by atoms with Crippen molar-refractivity contribution in [2.24, 2.45) is 0 Å². The molecule has 0 aliphatic carbocycles. The molecule has 110 valence electrons. The number of aromatic nitrogens is 3. The molecule has 2 aromatic rings. The molecular weight excluding hydrogens is 274 g/mol. The Hall–Kier alpha value is -2.70. The molecule has 2 rings (SSSR count). The maximum Gasteiger partial charge on any atom is 0.339 e. The summed E-state index contributed by atoms with van der Waals surface area (Å²) in [5.41, 5.74) is 1.09. The van der Waals surface area contributed by atoms with Crippen molar-refractivity contribution in [3.05, 3.63) is 29.7 Å². The molecule has 0 aliphatic rings. The molecule has 0 saturated carbocycles. The van der Waals surface area contributed by atoms with E-state index in [1.54, 1.807) is 19.2 Å². The third-order valence-corrected chi connectivity index (χ3v) is 2.78. The van der Waals surface area contributed by atoms with E-state index in [1.807, 2.05) is 6.92 Å². The molecular formula is C14H15N3O4. The van der Waals surface area contributed by atoms with E-state index in [0.717, 1.165) is 0 Å². The van der Waals surface area contributed by atoms with Crippen LogP contribution in [-0.4, -0.2) is 39.7 Å². The van der Waals surface area contributed by atoms with E-state index < -0.39 is 5.97 Å². The van der Waals surface area contributed by atoms with Crippen LogP contribution in [0.15, 0.2) is 18.5 Å². The molecule has 0 amide bonds. The number of carboxylic acids is 1. The van der Waals surface area contributed by atoms with Crippen molar-refractivity contribution >= 4 is 5.97 Å². The summed E-state index contributed by atoms with van der Waals surface area (Å²) >= 11 is 0. The fraction of sp³-hybridized carbons (Fsp3) is 0.286. The van der Waals surface area contributed by atoms with E-state index in [2.05, 4.69) is 15.0 Å². The summed E-state index contributed by atoms with van der Waals surface area (Å²) in [5.74, 6) is 0.191. The highest BCUT2D eigenvalue weighted by Crippen LogP contribution is 2.28. The first-order valence-electron chi connectivity index (χ1n) is 6.31. The highest BCUT2D eigenvalue weighted by molar-refractivity contribution is 5.88. The predicted molar refractivity (Wildman–Crippen MR) is 74.7 cm³/mol. The van der Waals surface area contributed by atoms with Crippen LogP contribution in [0.3, 0.4) is 0 Å². The van der Waals surface area contributed by atoms with Gasteiger partial charge in [0.2, 0.25) is 0 Å². The minimum Gasteiger partial charge on any atom is -0.488 e. The molecule has 0 saturated heterocycles. The van der Waals surface area contributed by atoms with Gasteiger partial charge in [0.15, 0.2) is 11.6 Å². The smallest absolute Gasteiger partial charge is 0.339 e. The summed E-state index contributed by atoms with van der Waals surface area (Å²) in [4.78, 5) is 23.4. The number of rotatable bonds is 5. The Kier molecular flexibility index (Phi) is 4.32. The zero-order valence-corrected chi connectivity index (χ0v) is 12.0.